The molecule has 3 rings (SSSR count). The quantitative estimate of drug-likeness (QED) is 0.457. The Labute approximate surface area is 178 Å². The largest absolute Gasteiger partial charge is 0.351 e. The van der Waals surface area contributed by atoms with E-state index in [2.05, 4.69) is 33.1 Å². The molecule has 0 aliphatic heterocycles. The predicted molar refractivity (Wildman–Crippen MR) is 118 cm³/mol. The zero-order chi connectivity index (χ0) is 20.6. The van der Waals surface area contributed by atoms with Gasteiger partial charge in [-0.1, -0.05) is 53.3 Å². The number of carbonyl (C=O) groups is 2. The lowest BCUT2D eigenvalue weighted by molar-refractivity contribution is 0.0956. The average molecular weight is 429 g/mol. The van der Waals surface area contributed by atoms with E-state index in [9.17, 15) is 9.59 Å². The van der Waals surface area contributed by atoms with Crippen molar-refractivity contribution in [2.45, 2.75) is 19.8 Å². The summed E-state index contributed by atoms with van der Waals surface area (Å²) in [6, 6.07) is 16.5. The SMILES string of the molecule is Cc1nc(NC(=O)Nc2ccc(Cl)cc2)sc1C(=O)NCCCc1ccccc1. The van der Waals surface area contributed by atoms with Crippen molar-refractivity contribution < 1.29 is 9.59 Å². The maximum atomic E-state index is 12.4. The second kappa shape index (κ2) is 10.0. The number of hydrogen-bond donors (Lipinski definition) is 3. The van der Waals surface area contributed by atoms with Gasteiger partial charge in [0.05, 0.1) is 5.69 Å². The van der Waals surface area contributed by atoms with Crippen LogP contribution in [0.2, 0.25) is 5.02 Å². The highest BCUT2D eigenvalue weighted by molar-refractivity contribution is 7.17. The van der Waals surface area contributed by atoms with Gasteiger partial charge in [0.25, 0.3) is 5.91 Å². The molecule has 8 heteroatoms. The Bertz CT molecular complexity index is 974. The van der Waals surface area contributed by atoms with E-state index < -0.39 is 6.03 Å². The molecule has 0 saturated carbocycles. The molecule has 0 aliphatic rings. The van der Waals surface area contributed by atoms with Crippen molar-refractivity contribution in [2.75, 3.05) is 17.2 Å². The number of carbonyl (C=O) groups excluding carboxylic acids is 2. The molecule has 1 aromatic heterocycles. The van der Waals surface area contributed by atoms with Gasteiger partial charge in [-0.25, -0.2) is 9.78 Å². The monoisotopic (exact) mass is 428 g/mol. The number of halogens is 1. The first-order valence-electron chi connectivity index (χ1n) is 9.14. The first-order chi connectivity index (χ1) is 14.0. The van der Waals surface area contributed by atoms with Gasteiger partial charge in [-0.05, 0) is 49.6 Å². The summed E-state index contributed by atoms with van der Waals surface area (Å²) in [5, 5.41) is 9.21. The van der Waals surface area contributed by atoms with Gasteiger partial charge in [0.2, 0.25) is 0 Å². The molecule has 0 bridgehead atoms. The molecule has 0 radical (unpaired) electrons. The standard InChI is InChI=1S/C21H21ClN4O2S/c1-14-18(19(27)23-13-5-8-15-6-3-2-4-7-15)29-21(24-14)26-20(28)25-17-11-9-16(22)10-12-17/h2-4,6-7,9-12H,5,8,13H2,1H3,(H,23,27)(H2,24,25,26,28). The number of aromatic nitrogens is 1. The Hall–Kier alpha value is -2.90. The second-order valence-corrected chi connectivity index (χ2v) is 7.80. The molecular formula is C21H21ClN4O2S. The summed E-state index contributed by atoms with van der Waals surface area (Å²) in [5.74, 6) is -0.181. The first kappa shape index (κ1) is 20.8. The van der Waals surface area contributed by atoms with Crippen molar-refractivity contribution >= 4 is 45.7 Å². The van der Waals surface area contributed by atoms with Crippen LogP contribution < -0.4 is 16.0 Å². The molecule has 0 unspecified atom stereocenters. The fourth-order valence-electron chi connectivity index (χ4n) is 2.67. The average Bonchev–Trinajstić information content (AvgIpc) is 3.07. The summed E-state index contributed by atoms with van der Waals surface area (Å²) < 4.78 is 0. The maximum absolute atomic E-state index is 12.4. The summed E-state index contributed by atoms with van der Waals surface area (Å²) in [6.45, 7) is 2.32. The van der Waals surface area contributed by atoms with Crippen LogP contribution in [0.3, 0.4) is 0 Å². The van der Waals surface area contributed by atoms with E-state index in [1.807, 2.05) is 18.2 Å². The molecule has 3 N–H and O–H groups in total. The Morgan fingerprint density at radius 3 is 2.48 bits per heavy atom. The number of amides is 3. The molecule has 3 amide bonds. The third-order valence-electron chi connectivity index (χ3n) is 4.10. The minimum Gasteiger partial charge on any atom is -0.351 e. The predicted octanol–water partition coefficient (Wildman–Crippen LogP) is 5.11. The van der Waals surface area contributed by atoms with Gasteiger partial charge in [-0.15, -0.1) is 0 Å². The van der Waals surface area contributed by atoms with Crippen molar-refractivity contribution in [1.82, 2.24) is 10.3 Å². The van der Waals surface area contributed by atoms with Gasteiger partial charge in [0.1, 0.15) is 4.88 Å². The first-order valence-corrected chi connectivity index (χ1v) is 10.3. The fourth-order valence-corrected chi connectivity index (χ4v) is 3.68. The number of urea groups is 1. The third-order valence-corrected chi connectivity index (χ3v) is 5.42. The van der Waals surface area contributed by atoms with E-state index in [-0.39, 0.29) is 5.91 Å². The van der Waals surface area contributed by atoms with Crippen LogP contribution in [0.25, 0.3) is 0 Å². The van der Waals surface area contributed by atoms with Crippen molar-refractivity contribution in [2.24, 2.45) is 0 Å². The zero-order valence-corrected chi connectivity index (χ0v) is 17.4. The van der Waals surface area contributed by atoms with E-state index in [1.165, 1.54) is 5.56 Å². The van der Waals surface area contributed by atoms with Gasteiger partial charge in [0.15, 0.2) is 5.13 Å². The second-order valence-electron chi connectivity index (χ2n) is 6.36. The molecule has 0 fully saturated rings. The number of aryl methyl sites for hydroxylation is 2. The minimum absolute atomic E-state index is 0.181. The van der Waals surface area contributed by atoms with E-state index in [4.69, 9.17) is 11.6 Å². The number of thiazole rings is 1. The highest BCUT2D eigenvalue weighted by Crippen LogP contribution is 2.23. The minimum atomic E-state index is -0.434. The summed E-state index contributed by atoms with van der Waals surface area (Å²) in [6.07, 6.45) is 1.75. The van der Waals surface area contributed by atoms with Crippen molar-refractivity contribution in [3.8, 4) is 0 Å². The van der Waals surface area contributed by atoms with Crippen LogP contribution in [0.5, 0.6) is 0 Å². The summed E-state index contributed by atoms with van der Waals surface area (Å²) in [5.41, 5.74) is 2.43. The van der Waals surface area contributed by atoms with Crippen LogP contribution >= 0.6 is 22.9 Å². The smallest absolute Gasteiger partial charge is 0.325 e. The number of nitrogens with one attached hydrogen (secondary N) is 3. The zero-order valence-electron chi connectivity index (χ0n) is 15.9. The summed E-state index contributed by atoms with van der Waals surface area (Å²) in [7, 11) is 0. The van der Waals surface area contributed by atoms with Gasteiger partial charge >= 0.3 is 6.03 Å². The topological polar surface area (TPSA) is 83.1 Å². The highest BCUT2D eigenvalue weighted by atomic mass is 35.5. The fraction of sp³-hybridized carbons (Fsp3) is 0.190. The van der Waals surface area contributed by atoms with Gasteiger partial charge in [-0.2, -0.15) is 0 Å². The molecular weight excluding hydrogens is 408 g/mol. The summed E-state index contributed by atoms with van der Waals surface area (Å²) >= 11 is 6.98. The van der Waals surface area contributed by atoms with Crippen LogP contribution in [0.4, 0.5) is 15.6 Å². The summed E-state index contributed by atoms with van der Waals surface area (Å²) in [4.78, 5) is 29.3. The Balaban J connectivity index is 1.48. The van der Waals surface area contributed by atoms with Crippen LogP contribution in [-0.2, 0) is 6.42 Å². The number of hydrogen-bond acceptors (Lipinski definition) is 4. The van der Waals surface area contributed by atoms with Gasteiger partial charge in [0, 0.05) is 17.3 Å². The van der Waals surface area contributed by atoms with Crippen molar-refractivity contribution in [1.29, 1.82) is 0 Å². The van der Waals surface area contributed by atoms with E-state index in [0.29, 0.717) is 33.0 Å². The van der Waals surface area contributed by atoms with Crippen LogP contribution in [0.15, 0.2) is 54.6 Å². The van der Waals surface area contributed by atoms with Crippen molar-refractivity contribution in [3.63, 3.8) is 0 Å². The molecule has 0 spiro atoms. The molecule has 0 saturated heterocycles. The molecule has 3 aromatic rings. The van der Waals surface area contributed by atoms with E-state index in [1.54, 1.807) is 31.2 Å². The lowest BCUT2D eigenvalue weighted by Gasteiger charge is -2.05. The molecule has 29 heavy (non-hydrogen) atoms. The lowest BCUT2D eigenvalue weighted by atomic mass is 10.1. The molecule has 1 heterocycles. The lowest BCUT2D eigenvalue weighted by Crippen LogP contribution is -2.24. The van der Waals surface area contributed by atoms with Crippen molar-refractivity contribution in [3.05, 3.63) is 75.8 Å². The number of anilines is 2. The maximum Gasteiger partial charge on any atom is 0.325 e. The molecule has 150 valence electrons. The van der Waals surface area contributed by atoms with E-state index >= 15 is 0 Å². The Morgan fingerprint density at radius 1 is 1.03 bits per heavy atom. The number of nitrogens with zero attached hydrogens (tertiary/aromatic N) is 1. The van der Waals surface area contributed by atoms with Gasteiger partial charge in [-0.3, -0.25) is 10.1 Å². The van der Waals surface area contributed by atoms with Gasteiger partial charge < -0.3 is 10.6 Å². The highest BCUT2D eigenvalue weighted by Gasteiger charge is 2.16. The third kappa shape index (κ3) is 6.30. The molecule has 0 aliphatic carbocycles. The Kier molecular flexibility index (Phi) is 7.21. The Morgan fingerprint density at radius 2 is 1.76 bits per heavy atom. The van der Waals surface area contributed by atoms with Crippen LogP contribution in [-0.4, -0.2) is 23.5 Å². The molecule has 6 nitrogen and oxygen atoms in total. The van der Waals surface area contributed by atoms with Crippen LogP contribution in [0.1, 0.15) is 27.3 Å². The molecule has 0 atom stereocenters. The number of benzene rings is 2. The van der Waals surface area contributed by atoms with E-state index in [0.717, 1.165) is 24.2 Å². The normalized spacial score (nSPS) is 10.4. The number of rotatable bonds is 7. The van der Waals surface area contributed by atoms with Crippen LogP contribution in [0, 0.1) is 6.92 Å². The molecule has 2 aromatic carbocycles.